The molecule has 176 valence electrons. The van der Waals surface area contributed by atoms with Gasteiger partial charge in [-0.15, -0.1) is 0 Å². The van der Waals surface area contributed by atoms with Crippen molar-refractivity contribution >= 4 is 11.6 Å². The van der Waals surface area contributed by atoms with Gasteiger partial charge in [0.25, 0.3) is 5.91 Å². The molecule has 2 fully saturated rings. The lowest BCUT2D eigenvalue weighted by Crippen LogP contribution is -2.46. The van der Waals surface area contributed by atoms with E-state index >= 15 is 0 Å². The van der Waals surface area contributed by atoms with Crippen LogP contribution in [0.1, 0.15) is 34.8 Å². The molecule has 9 heteroatoms. The van der Waals surface area contributed by atoms with E-state index in [4.69, 9.17) is 4.74 Å². The summed E-state index contributed by atoms with van der Waals surface area (Å²) in [6.07, 6.45) is 2.74. The number of ether oxygens (including phenoxy) is 1. The predicted octanol–water partition coefficient (Wildman–Crippen LogP) is 1.79. The standard InChI is InChI=1S/C24H31FN6O2/c1-31-9-7-15(8-10-31)23-28-22(29-30-23)13-26-18-4-2-3-16(11-18)24(32)27-20-14-33-21-12-17(25)5-6-19(20)21/h2-6,11-12,15,20,22-23,26,28-30H,7-10,13-14H2,1H3,(H,27,32)/t20-,22?,23?/m0/s1. The van der Waals surface area contributed by atoms with Crippen molar-refractivity contribution in [2.75, 3.05) is 38.6 Å². The minimum absolute atomic E-state index is 0.0969. The lowest BCUT2D eigenvalue weighted by atomic mass is 9.94. The van der Waals surface area contributed by atoms with E-state index in [1.54, 1.807) is 12.1 Å². The lowest BCUT2D eigenvalue weighted by molar-refractivity contribution is 0.0930. The fourth-order valence-electron chi connectivity index (χ4n) is 4.75. The molecule has 0 radical (unpaired) electrons. The summed E-state index contributed by atoms with van der Waals surface area (Å²) in [6.45, 7) is 3.25. The number of hydrogen-bond donors (Lipinski definition) is 5. The Balaban J connectivity index is 1.13. The van der Waals surface area contributed by atoms with Gasteiger partial charge in [-0.2, -0.15) is 0 Å². The third-order valence-electron chi connectivity index (χ3n) is 6.73. The zero-order valence-electron chi connectivity index (χ0n) is 18.7. The van der Waals surface area contributed by atoms with Crippen LogP contribution in [0.4, 0.5) is 10.1 Å². The highest BCUT2D eigenvalue weighted by molar-refractivity contribution is 5.95. The Kier molecular flexibility index (Phi) is 6.45. The number of hydrazine groups is 1. The van der Waals surface area contributed by atoms with E-state index < -0.39 is 0 Å². The highest BCUT2D eigenvalue weighted by Gasteiger charge is 2.31. The summed E-state index contributed by atoms with van der Waals surface area (Å²) >= 11 is 0. The first-order valence-corrected chi connectivity index (χ1v) is 11.6. The molecule has 0 bridgehead atoms. The maximum absolute atomic E-state index is 13.4. The van der Waals surface area contributed by atoms with Crippen LogP contribution in [0.3, 0.4) is 0 Å². The topological polar surface area (TPSA) is 89.7 Å². The molecular weight excluding hydrogens is 423 g/mol. The molecule has 3 aliphatic rings. The zero-order chi connectivity index (χ0) is 22.8. The molecule has 2 saturated heterocycles. The molecular formula is C24H31FN6O2. The third kappa shape index (κ3) is 5.11. The molecule has 3 aliphatic heterocycles. The number of hydrogen-bond acceptors (Lipinski definition) is 7. The van der Waals surface area contributed by atoms with Crippen LogP contribution in [0, 0.1) is 11.7 Å². The molecule has 2 aromatic carbocycles. The smallest absolute Gasteiger partial charge is 0.251 e. The number of benzene rings is 2. The van der Waals surface area contributed by atoms with Crippen LogP contribution in [0.25, 0.3) is 0 Å². The minimum atomic E-state index is -0.349. The van der Waals surface area contributed by atoms with Crippen LogP contribution < -0.4 is 31.5 Å². The Hall–Kier alpha value is -2.72. The molecule has 0 aliphatic carbocycles. The molecule has 5 rings (SSSR count). The monoisotopic (exact) mass is 454 g/mol. The number of anilines is 1. The van der Waals surface area contributed by atoms with E-state index in [1.807, 2.05) is 18.2 Å². The Morgan fingerprint density at radius 2 is 2.03 bits per heavy atom. The van der Waals surface area contributed by atoms with Crippen molar-refractivity contribution in [1.29, 1.82) is 0 Å². The van der Waals surface area contributed by atoms with Gasteiger partial charge in [0, 0.05) is 29.4 Å². The fraction of sp³-hybridized carbons (Fsp3) is 0.458. The van der Waals surface area contributed by atoms with Gasteiger partial charge in [0.2, 0.25) is 0 Å². The zero-order valence-corrected chi connectivity index (χ0v) is 18.7. The van der Waals surface area contributed by atoms with E-state index in [-0.39, 0.29) is 30.1 Å². The van der Waals surface area contributed by atoms with Crippen molar-refractivity contribution < 1.29 is 13.9 Å². The molecule has 3 atom stereocenters. The SMILES string of the molecule is CN1CCC(C2NNC(CNc3cccc(C(=O)N[C@H]4COc5cc(F)ccc54)c3)N2)CC1. The number of likely N-dealkylation sites (tertiary alicyclic amines) is 1. The first-order chi connectivity index (χ1) is 16.0. The number of nitrogens with one attached hydrogen (secondary N) is 5. The van der Waals surface area contributed by atoms with E-state index in [1.165, 1.54) is 25.0 Å². The van der Waals surface area contributed by atoms with Crippen molar-refractivity contribution in [1.82, 2.24) is 26.4 Å². The second-order valence-electron chi connectivity index (χ2n) is 9.11. The number of halogens is 1. The van der Waals surface area contributed by atoms with Crippen molar-refractivity contribution in [2.24, 2.45) is 5.92 Å². The number of fused-ring (bicyclic) bond motifs is 1. The van der Waals surface area contributed by atoms with Crippen LogP contribution in [-0.4, -0.2) is 56.4 Å². The van der Waals surface area contributed by atoms with E-state index in [0.717, 1.165) is 24.3 Å². The number of carbonyl (C=O) groups is 1. The molecule has 0 spiro atoms. The molecule has 8 nitrogen and oxygen atoms in total. The van der Waals surface area contributed by atoms with Gasteiger partial charge in [-0.05, 0) is 63.2 Å². The fourth-order valence-corrected chi connectivity index (χ4v) is 4.75. The summed E-state index contributed by atoms with van der Waals surface area (Å²) in [5.41, 5.74) is 8.95. The van der Waals surface area contributed by atoms with Crippen LogP contribution in [0.15, 0.2) is 42.5 Å². The maximum Gasteiger partial charge on any atom is 0.251 e. The molecule has 2 aromatic rings. The van der Waals surface area contributed by atoms with Gasteiger partial charge in [0.1, 0.15) is 18.2 Å². The van der Waals surface area contributed by atoms with Crippen molar-refractivity contribution in [2.45, 2.75) is 31.2 Å². The van der Waals surface area contributed by atoms with E-state index in [2.05, 4.69) is 38.7 Å². The molecule has 33 heavy (non-hydrogen) atoms. The van der Waals surface area contributed by atoms with Crippen LogP contribution in [0.2, 0.25) is 0 Å². The normalized spacial score (nSPS) is 25.5. The number of amides is 1. The Morgan fingerprint density at radius 3 is 2.88 bits per heavy atom. The van der Waals surface area contributed by atoms with Gasteiger partial charge < -0.3 is 20.3 Å². The van der Waals surface area contributed by atoms with E-state index in [0.29, 0.717) is 30.4 Å². The van der Waals surface area contributed by atoms with E-state index in [9.17, 15) is 9.18 Å². The largest absolute Gasteiger partial charge is 0.491 e. The summed E-state index contributed by atoms with van der Waals surface area (Å²) in [4.78, 5) is 15.2. The van der Waals surface area contributed by atoms with Gasteiger partial charge in [-0.3, -0.25) is 10.1 Å². The van der Waals surface area contributed by atoms with Crippen LogP contribution >= 0.6 is 0 Å². The predicted molar refractivity (Wildman–Crippen MR) is 124 cm³/mol. The van der Waals surface area contributed by atoms with Gasteiger partial charge in [-0.25, -0.2) is 15.2 Å². The number of rotatable bonds is 6. The summed E-state index contributed by atoms with van der Waals surface area (Å²) in [6, 6.07) is 11.5. The Bertz CT molecular complexity index is 997. The molecule has 1 amide bonds. The molecule has 3 heterocycles. The first kappa shape index (κ1) is 22.1. The molecule has 0 saturated carbocycles. The summed E-state index contributed by atoms with van der Waals surface area (Å²) in [7, 11) is 2.17. The average molecular weight is 455 g/mol. The van der Waals surface area contributed by atoms with Crippen molar-refractivity contribution in [3.8, 4) is 5.75 Å². The van der Waals surface area contributed by atoms with Crippen LogP contribution in [0.5, 0.6) is 5.75 Å². The first-order valence-electron chi connectivity index (χ1n) is 11.6. The van der Waals surface area contributed by atoms with Crippen molar-refractivity contribution in [3.63, 3.8) is 0 Å². The lowest BCUT2D eigenvalue weighted by Gasteiger charge is -2.32. The highest BCUT2D eigenvalue weighted by atomic mass is 19.1. The second kappa shape index (κ2) is 9.64. The van der Waals surface area contributed by atoms with Gasteiger partial charge in [0.15, 0.2) is 0 Å². The Labute approximate surface area is 193 Å². The highest BCUT2D eigenvalue weighted by Crippen LogP contribution is 2.33. The molecule has 2 unspecified atom stereocenters. The van der Waals surface area contributed by atoms with Gasteiger partial charge in [0.05, 0.1) is 18.4 Å². The van der Waals surface area contributed by atoms with Crippen molar-refractivity contribution in [3.05, 3.63) is 59.4 Å². The number of carbonyl (C=O) groups excluding carboxylic acids is 1. The average Bonchev–Trinajstić information content (AvgIpc) is 3.45. The molecule has 5 N–H and O–H groups in total. The van der Waals surface area contributed by atoms with Gasteiger partial charge >= 0.3 is 0 Å². The molecule has 0 aromatic heterocycles. The quantitative estimate of drug-likeness (QED) is 0.455. The number of piperidine rings is 1. The summed E-state index contributed by atoms with van der Waals surface area (Å²) in [5.74, 6) is 0.565. The Morgan fingerprint density at radius 1 is 1.18 bits per heavy atom. The summed E-state index contributed by atoms with van der Waals surface area (Å²) in [5, 5.41) is 10.0. The van der Waals surface area contributed by atoms with Gasteiger partial charge in [-0.1, -0.05) is 12.1 Å². The van der Waals surface area contributed by atoms with Crippen LogP contribution in [-0.2, 0) is 0 Å². The second-order valence-corrected chi connectivity index (χ2v) is 9.11. The third-order valence-corrected chi connectivity index (χ3v) is 6.73. The summed E-state index contributed by atoms with van der Waals surface area (Å²) < 4.78 is 18.9. The number of nitrogens with zero attached hydrogens (tertiary/aromatic N) is 1. The maximum atomic E-state index is 13.4. The minimum Gasteiger partial charge on any atom is -0.491 e.